The molecule has 92 valence electrons. The van der Waals surface area contributed by atoms with Gasteiger partial charge in [-0.15, -0.1) is 0 Å². The van der Waals surface area contributed by atoms with Crippen LogP contribution >= 0.6 is 12.6 Å². The van der Waals surface area contributed by atoms with E-state index in [1.54, 1.807) is 24.4 Å². The van der Waals surface area contributed by atoms with E-state index in [0.29, 0.717) is 12.0 Å². The number of nitrogens with zero attached hydrogens (tertiary/aromatic N) is 2. The lowest BCUT2D eigenvalue weighted by atomic mass is 9.84. The number of allylic oxidation sites excluding steroid dienone is 2. The molecule has 0 saturated carbocycles. The lowest BCUT2D eigenvalue weighted by Crippen LogP contribution is -2.31. The minimum Gasteiger partial charge on any atom is -0.303 e. The summed E-state index contributed by atoms with van der Waals surface area (Å²) in [5.74, 6) is -0.721. The van der Waals surface area contributed by atoms with Crippen LogP contribution in [0.15, 0.2) is 48.3 Å². The second-order valence-corrected chi connectivity index (χ2v) is 4.62. The fourth-order valence-electron chi connectivity index (χ4n) is 1.81. The average Bonchev–Trinajstić information content (AvgIpc) is 2.40. The Balaban J connectivity index is 2.45. The van der Waals surface area contributed by atoms with Crippen LogP contribution in [0.3, 0.4) is 0 Å². The molecular weight excluding hydrogens is 252 g/mol. The topological polar surface area (TPSA) is 73.1 Å². The summed E-state index contributed by atoms with van der Waals surface area (Å²) in [5.41, 5.74) is 0.480. The van der Waals surface area contributed by atoms with Crippen LogP contribution < -0.4 is 0 Å². The number of rotatable bonds is 3. The van der Waals surface area contributed by atoms with Crippen molar-refractivity contribution in [2.24, 2.45) is 5.92 Å². The zero-order valence-electron chi connectivity index (χ0n) is 9.26. The van der Waals surface area contributed by atoms with Crippen molar-refractivity contribution in [2.45, 2.75) is 4.75 Å². The van der Waals surface area contributed by atoms with Gasteiger partial charge in [-0.3, -0.25) is 15.1 Å². The second-order valence-electron chi connectivity index (χ2n) is 3.88. The van der Waals surface area contributed by atoms with Crippen LogP contribution in [0.5, 0.6) is 0 Å². The van der Waals surface area contributed by atoms with Crippen molar-refractivity contribution in [1.82, 2.24) is 4.98 Å². The minimum atomic E-state index is -0.942. The van der Waals surface area contributed by atoms with Gasteiger partial charge in [-0.05, 0) is 12.1 Å². The van der Waals surface area contributed by atoms with Gasteiger partial charge < -0.3 is 4.79 Å². The van der Waals surface area contributed by atoms with Gasteiger partial charge in [-0.25, -0.2) is 0 Å². The van der Waals surface area contributed by atoms with Gasteiger partial charge in [0, 0.05) is 18.3 Å². The third-order valence-corrected chi connectivity index (χ3v) is 3.48. The van der Waals surface area contributed by atoms with E-state index >= 15 is 0 Å². The van der Waals surface area contributed by atoms with Gasteiger partial charge >= 0.3 is 0 Å². The molecule has 1 heterocycles. The van der Waals surface area contributed by atoms with Gasteiger partial charge in [0.25, 0.3) is 5.70 Å². The van der Waals surface area contributed by atoms with Crippen molar-refractivity contribution in [1.29, 1.82) is 0 Å². The fourth-order valence-corrected chi connectivity index (χ4v) is 2.15. The van der Waals surface area contributed by atoms with E-state index in [4.69, 9.17) is 0 Å². The van der Waals surface area contributed by atoms with Crippen LogP contribution in [0, 0.1) is 16.0 Å². The first-order valence-electron chi connectivity index (χ1n) is 5.22. The number of carbonyl (C=O) groups excluding carboxylic acids is 1. The summed E-state index contributed by atoms with van der Waals surface area (Å²) in [6.45, 7) is 0. The van der Waals surface area contributed by atoms with E-state index in [-0.39, 0.29) is 5.70 Å². The molecule has 1 aromatic rings. The first-order chi connectivity index (χ1) is 8.58. The second kappa shape index (κ2) is 4.73. The van der Waals surface area contributed by atoms with Crippen LogP contribution in [0.25, 0.3) is 0 Å². The van der Waals surface area contributed by atoms with Crippen molar-refractivity contribution in [3.8, 4) is 0 Å². The van der Waals surface area contributed by atoms with E-state index in [1.807, 2.05) is 0 Å². The quantitative estimate of drug-likeness (QED) is 0.390. The number of aldehydes is 1. The molecule has 0 spiro atoms. The maximum absolute atomic E-state index is 11.1. The van der Waals surface area contributed by atoms with E-state index in [0.717, 1.165) is 0 Å². The van der Waals surface area contributed by atoms with Gasteiger partial charge in [0.1, 0.15) is 6.29 Å². The number of aromatic nitrogens is 1. The summed E-state index contributed by atoms with van der Waals surface area (Å²) in [4.78, 5) is 25.5. The zero-order chi connectivity index (χ0) is 13.2. The molecule has 1 aliphatic carbocycles. The van der Waals surface area contributed by atoms with Gasteiger partial charge in [-0.1, -0.05) is 12.1 Å². The van der Waals surface area contributed by atoms with Crippen molar-refractivity contribution < 1.29 is 9.72 Å². The third-order valence-electron chi connectivity index (χ3n) is 2.80. The van der Waals surface area contributed by atoms with E-state index in [9.17, 15) is 14.9 Å². The van der Waals surface area contributed by atoms with E-state index < -0.39 is 15.6 Å². The van der Waals surface area contributed by atoms with Crippen molar-refractivity contribution in [3.05, 3.63) is 64.1 Å². The van der Waals surface area contributed by atoms with Gasteiger partial charge in [-0.2, -0.15) is 12.6 Å². The SMILES string of the molecule is O=C[C@@H]1C=C([N+](=O)[O-])C=C[C@@]1(S)c1ccccn1. The summed E-state index contributed by atoms with van der Waals surface area (Å²) >= 11 is 4.48. The Hall–Kier alpha value is -1.95. The largest absolute Gasteiger partial charge is 0.303 e. The van der Waals surface area contributed by atoms with Crippen LogP contribution in [0.1, 0.15) is 5.69 Å². The lowest BCUT2D eigenvalue weighted by Gasteiger charge is -2.29. The molecule has 1 aromatic heterocycles. The number of hydrogen-bond donors (Lipinski definition) is 1. The summed E-state index contributed by atoms with van der Waals surface area (Å²) < 4.78 is -0.942. The molecule has 5 nitrogen and oxygen atoms in total. The molecule has 18 heavy (non-hydrogen) atoms. The Bertz CT molecular complexity index is 542. The highest BCUT2D eigenvalue weighted by atomic mass is 32.1. The minimum absolute atomic E-state index is 0.104. The van der Waals surface area contributed by atoms with Crippen molar-refractivity contribution in [2.75, 3.05) is 0 Å². The molecule has 0 amide bonds. The standard InChI is InChI=1S/C12H10N2O3S/c15-8-9-7-10(14(16)17)4-5-12(9,18)11-3-1-2-6-13-11/h1-9,18H/t9-,12-/m0/s1. The predicted molar refractivity (Wildman–Crippen MR) is 68.7 cm³/mol. The van der Waals surface area contributed by atoms with Crippen molar-refractivity contribution in [3.63, 3.8) is 0 Å². The Morgan fingerprint density at radius 1 is 1.50 bits per heavy atom. The molecule has 2 rings (SSSR count). The highest BCUT2D eigenvalue weighted by molar-refractivity contribution is 7.81. The Morgan fingerprint density at radius 2 is 2.28 bits per heavy atom. The van der Waals surface area contributed by atoms with Crippen LogP contribution in [-0.2, 0) is 9.54 Å². The first kappa shape index (κ1) is 12.5. The monoisotopic (exact) mass is 262 g/mol. The Morgan fingerprint density at radius 3 is 2.83 bits per heavy atom. The van der Waals surface area contributed by atoms with E-state index in [2.05, 4.69) is 17.6 Å². The molecule has 0 radical (unpaired) electrons. The fraction of sp³-hybridized carbons (Fsp3) is 0.167. The molecule has 0 aliphatic heterocycles. The van der Waals surface area contributed by atoms with Crippen LogP contribution in [0.4, 0.5) is 0 Å². The van der Waals surface area contributed by atoms with Gasteiger partial charge in [0.2, 0.25) is 0 Å². The molecule has 0 aromatic carbocycles. The molecule has 1 aliphatic rings. The van der Waals surface area contributed by atoms with E-state index in [1.165, 1.54) is 18.2 Å². The molecule has 0 N–H and O–H groups in total. The molecule has 0 saturated heterocycles. The highest BCUT2D eigenvalue weighted by Gasteiger charge is 2.39. The Labute approximate surface area is 109 Å². The highest BCUT2D eigenvalue weighted by Crippen LogP contribution is 2.40. The zero-order valence-corrected chi connectivity index (χ0v) is 10.2. The lowest BCUT2D eigenvalue weighted by molar-refractivity contribution is -0.419. The van der Waals surface area contributed by atoms with Gasteiger partial charge in [0.05, 0.1) is 21.3 Å². The van der Waals surface area contributed by atoms with Crippen LogP contribution in [0.2, 0.25) is 0 Å². The maximum atomic E-state index is 11.1. The summed E-state index contributed by atoms with van der Waals surface area (Å²) in [5, 5.41) is 10.7. The molecule has 0 fully saturated rings. The summed E-state index contributed by atoms with van der Waals surface area (Å²) in [6, 6.07) is 5.27. The molecule has 0 bridgehead atoms. The summed E-state index contributed by atoms with van der Waals surface area (Å²) in [7, 11) is 0. The Kier molecular flexibility index (Phi) is 3.29. The molecular formula is C12H10N2O3S. The maximum Gasteiger partial charge on any atom is 0.266 e. The van der Waals surface area contributed by atoms with Crippen molar-refractivity contribution >= 4 is 18.9 Å². The predicted octanol–water partition coefficient (Wildman–Crippen LogP) is 1.75. The number of thiol groups is 1. The molecule has 6 heteroatoms. The third kappa shape index (κ3) is 2.06. The molecule has 0 unspecified atom stereocenters. The summed E-state index contributed by atoms with van der Waals surface area (Å²) in [6.07, 6.45) is 6.43. The number of nitro groups is 1. The average molecular weight is 262 g/mol. The smallest absolute Gasteiger partial charge is 0.266 e. The van der Waals surface area contributed by atoms with Gasteiger partial charge in [0.15, 0.2) is 0 Å². The molecule has 2 atom stereocenters. The number of hydrogen-bond acceptors (Lipinski definition) is 5. The number of pyridine rings is 1. The number of carbonyl (C=O) groups is 1. The normalized spacial score (nSPS) is 26.5. The van der Waals surface area contributed by atoms with Crippen LogP contribution in [-0.4, -0.2) is 16.2 Å². The first-order valence-corrected chi connectivity index (χ1v) is 5.67.